The first kappa shape index (κ1) is 7.97. The number of hydrogen-bond acceptors (Lipinski definition) is 2. The maximum atomic E-state index is 12.4. The van der Waals surface area contributed by atoms with Crippen LogP contribution in [0, 0.1) is 0 Å². The minimum atomic E-state index is -1.51. The Kier molecular flexibility index (Phi) is 2.07. The van der Waals surface area contributed by atoms with Crippen molar-refractivity contribution in [3.05, 3.63) is 0 Å². The van der Waals surface area contributed by atoms with Crippen molar-refractivity contribution >= 4 is 11.9 Å². The number of carbonyl (C=O) groups is 2. The summed E-state index contributed by atoms with van der Waals surface area (Å²) in [5.74, 6) is -2.52. The van der Waals surface area contributed by atoms with E-state index < -0.39 is 18.0 Å². The average Bonchev–Trinajstić information content (AvgIpc) is 2.34. The number of nitrogens with zero attached hydrogens (tertiary/aromatic N) is 1. The number of rotatable bonds is 0. The highest BCUT2D eigenvalue weighted by atomic mass is 19.1. The van der Waals surface area contributed by atoms with Gasteiger partial charge in [-0.15, -0.1) is 0 Å². The highest BCUT2D eigenvalue weighted by molar-refractivity contribution is 6.31. The number of amides is 1. The van der Waals surface area contributed by atoms with Crippen molar-refractivity contribution < 1.29 is 19.1 Å². The second-order valence-electron chi connectivity index (χ2n) is 2.44. The fourth-order valence-electron chi connectivity index (χ4n) is 1.04. The Hall–Kier alpha value is -1.13. The van der Waals surface area contributed by atoms with Gasteiger partial charge in [-0.25, -0.2) is 9.18 Å². The van der Waals surface area contributed by atoms with Gasteiger partial charge in [-0.3, -0.25) is 4.79 Å². The maximum absolute atomic E-state index is 12.4. The summed E-state index contributed by atoms with van der Waals surface area (Å²) in [7, 11) is 0. The van der Waals surface area contributed by atoms with E-state index in [0.717, 1.165) is 4.90 Å². The molecule has 1 amide bonds. The molecule has 0 aromatic heterocycles. The molecule has 4 nitrogen and oxygen atoms in total. The van der Waals surface area contributed by atoms with Gasteiger partial charge in [-0.05, 0) is 6.42 Å². The highest BCUT2D eigenvalue weighted by Gasteiger charge is 2.29. The molecule has 1 rings (SSSR count). The third kappa shape index (κ3) is 1.66. The van der Waals surface area contributed by atoms with Crippen LogP contribution in [0.1, 0.15) is 6.42 Å². The highest BCUT2D eigenvalue weighted by Crippen LogP contribution is 2.11. The molecule has 0 unspecified atom stereocenters. The van der Waals surface area contributed by atoms with E-state index >= 15 is 0 Å². The summed E-state index contributed by atoms with van der Waals surface area (Å²) in [4.78, 5) is 21.7. The Morgan fingerprint density at radius 3 is 2.55 bits per heavy atom. The molecule has 0 aromatic carbocycles. The van der Waals surface area contributed by atoms with Crippen LogP contribution >= 0.6 is 0 Å². The van der Waals surface area contributed by atoms with E-state index in [-0.39, 0.29) is 19.5 Å². The third-order valence-corrected chi connectivity index (χ3v) is 1.60. The average molecular weight is 161 g/mol. The lowest BCUT2D eigenvalue weighted by molar-refractivity contribution is -0.155. The number of likely N-dealkylation sites (tertiary alicyclic amines) is 1. The molecule has 1 fully saturated rings. The van der Waals surface area contributed by atoms with Gasteiger partial charge in [0.2, 0.25) is 0 Å². The van der Waals surface area contributed by atoms with Crippen molar-refractivity contribution in [1.82, 2.24) is 4.90 Å². The van der Waals surface area contributed by atoms with Gasteiger partial charge in [-0.1, -0.05) is 0 Å². The molecule has 0 radical (unpaired) electrons. The molecule has 1 saturated heterocycles. The lowest BCUT2D eigenvalue weighted by atomic mass is 10.3. The second kappa shape index (κ2) is 2.86. The topological polar surface area (TPSA) is 57.6 Å². The summed E-state index contributed by atoms with van der Waals surface area (Å²) in [6.07, 6.45) is -0.808. The molecular weight excluding hydrogens is 153 g/mol. The van der Waals surface area contributed by atoms with Gasteiger partial charge >= 0.3 is 11.9 Å². The summed E-state index contributed by atoms with van der Waals surface area (Å²) in [5.41, 5.74) is 0. The number of carboxylic acid groups (broad SMARTS) is 1. The van der Waals surface area contributed by atoms with Crippen molar-refractivity contribution in [1.29, 1.82) is 0 Å². The quantitative estimate of drug-likeness (QED) is 0.493. The first-order valence-corrected chi connectivity index (χ1v) is 3.27. The predicted octanol–water partition coefficient (Wildman–Crippen LogP) is -0.359. The van der Waals surface area contributed by atoms with E-state index in [1.807, 2.05) is 0 Å². The Morgan fingerprint density at radius 1 is 1.55 bits per heavy atom. The fraction of sp³-hybridized carbons (Fsp3) is 0.667. The second-order valence-corrected chi connectivity index (χ2v) is 2.44. The molecule has 5 heteroatoms. The van der Waals surface area contributed by atoms with Crippen molar-refractivity contribution in [2.75, 3.05) is 13.1 Å². The normalized spacial score (nSPS) is 23.7. The molecule has 0 saturated carbocycles. The number of carbonyl (C=O) groups excluding carboxylic acids is 1. The van der Waals surface area contributed by atoms with Crippen LogP contribution in [0.4, 0.5) is 4.39 Å². The monoisotopic (exact) mass is 161 g/mol. The van der Waals surface area contributed by atoms with Crippen LogP contribution in [-0.2, 0) is 9.59 Å². The molecule has 0 aliphatic carbocycles. The van der Waals surface area contributed by atoms with Crippen LogP contribution in [0.2, 0.25) is 0 Å². The molecular formula is C6H8FNO3. The van der Waals surface area contributed by atoms with Crippen LogP contribution in [0.15, 0.2) is 0 Å². The van der Waals surface area contributed by atoms with Crippen molar-refractivity contribution in [2.24, 2.45) is 0 Å². The molecule has 1 atom stereocenters. The Balaban J connectivity index is 2.50. The predicted molar refractivity (Wildman–Crippen MR) is 33.7 cm³/mol. The van der Waals surface area contributed by atoms with Crippen molar-refractivity contribution in [2.45, 2.75) is 12.6 Å². The summed E-state index contributed by atoms with van der Waals surface area (Å²) < 4.78 is 12.4. The number of carboxylic acids is 1. The molecule has 11 heavy (non-hydrogen) atoms. The minimum absolute atomic E-state index is 0.0782. The zero-order valence-corrected chi connectivity index (χ0v) is 5.79. The van der Waals surface area contributed by atoms with Gasteiger partial charge in [0, 0.05) is 6.54 Å². The van der Waals surface area contributed by atoms with Crippen LogP contribution in [-0.4, -0.2) is 41.1 Å². The molecule has 1 aliphatic heterocycles. The molecule has 1 N–H and O–H groups in total. The van der Waals surface area contributed by atoms with E-state index in [9.17, 15) is 14.0 Å². The summed E-state index contributed by atoms with van der Waals surface area (Å²) in [6.45, 7) is 0.136. The number of alkyl halides is 1. The third-order valence-electron chi connectivity index (χ3n) is 1.60. The van der Waals surface area contributed by atoms with Gasteiger partial charge in [0.1, 0.15) is 6.17 Å². The van der Waals surface area contributed by atoms with E-state index in [1.54, 1.807) is 0 Å². The Morgan fingerprint density at radius 2 is 2.18 bits per heavy atom. The molecule has 0 spiro atoms. The Bertz CT molecular complexity index is 194. The van der Waals surface area contributed by atoms with Crippen LogP contribution in [0.3, 0.4) is 0 Å². The van der Waals surface area contributed by atoms with Gasteiger partial charge in [0.25, 0.3) is 0 Å². The van der Waals surface area contributed by atoms with Gasteiger partial charge in [0.15, 0.2) is 0 Å². The van der Waals surface area contributed by atoms with Gasteiger partial charge in [0.05, 0.1) is 6.54 Å². The zero-order valence-electron chi connectivity index (χ0n) is 5.79. The largest absolute Gasteiger partial charge is 0.474 e. The molecule has 62 valence electrons. The number of aliphatic carboxylic acids is 1. The molecule has 0 bridgehead atoms. The summed E-state index contributed by atoms with van der Waals surface area (Å²) >= 11 is 0. The van der Waals surface area contributed by atoms with Crippen LogP contribution in [0.5, 0.6) is 0 Å². The molecule has 1 aliphatic rings. The maximum Gasteiger partial charge on any atom is 0.394 e. The fourth-order valence-corrected chi connectivity index (χ4v) is 1.04. The van der Waals surface area contributed by atoms with Crippen molar-refractivity contribution in [3.63, 3.8) is 0 Å². The SMILES string of the molecule is O=C(O)C(=O)N1CC[C@H](F)C1. The lowest BCUT2D eigenvalue weighted by Crippen LogP contribution is -2.34. The molecule has 0 aromatic rings. The minimum Gasteiger partial charge on any atom is -0.474 e. The smallest absolute Gasteiger partial charge is 0.394 e. The van der Waals surface area contributed by atoms with Crippen LogP contribution in [0.25, 0.3) is 0 Å². The Labute approximate surface area is 62.6 Å². The molecule has 1 heterocycles. The van der Waals surface area contributed by atoms with E-state index in [0.29, 0.717) is 0 Å². The van der Waals surface area contributed by atoms with Gasteiger partial charge in [-0.2, -0.15) is 0 Å². The van der Waals surface area contributed by atoms with E-state index in [2.05, 4.69) is 0 Å². The van der Waals surface area contributed by atoms with E-state index in [1.165, 1.54) is 0 Å². The van der Waals surface area contributed by atoms with Crippen LogP contribution < -0.4 is 0 Å². The number of hydrogen-bond donors (Lipinski definition) is 1. The first-order chi connectivity index (χ1) is 5.11. The standard InChI is InChI=1S/C6H8FNO3/c7-4-1-2-8(3-4)5(9)6(10)11/h4H,1-3H2,(H,10,11)/t4-/m0/s1. The van der Waals surface area contributed by atoms with Crippen molar-refractivity contribution in [3.8, 4) is 0 Å². The van der Waals surface area contributed by atoms with E-state index in [4.69, 9.17) is 5.11 Å². The summed E-state index contributed by atoms with van der Waals surface area (Å²) in [5, 5.41) is 8.22. The zero-order chi connectivity index (χ0) is 8.43. The number of halogens is 1. The summed E-state index contributed by atoms with van der Waals surface area (Å²) in [6, 6.07) is 0. The lowest BCUT2D eigenvalue weighted by Gasteiger charge is -2.10. The van der Waals surface area contributed by atoms with Gasteiger partial charge < -0.3 is 10.0 Å². The first-order valence-electron chi connectivity index (χ1n) is 3.27.